The molecule has 0 atom stereocenters. The molecule has 2 aromatic heterocycles. The molecule has 0 unspecified atom stereocenters. The minimum atomic E-state index is -0.329. The van der Waals surface area contributed by atoms with Gasteiger partial charge in [-0.3, -0.25) is 9.69 Å². The van der Waals surface area contributed by atoms with Gasteiger partial charge in [0.05, 0.1) is 5.69 Å². The maximum absolute atomic E-state index is 13.4. The number of hydrogen-bond donors (Lipinski definition) is 1. The number of rotatable bonds is 6. The van der Waals surface area contributed by atoms with E-state index in [1.165, 1.54) is 21.7 Å². The second-order valence-electron chi connectivity index (χ2n) is 7.13. The van der Waals surface area contributed by atoms with Gasteiger partial charge in [0.2, 0.25) is 0 Å². The van der Waals surface area contributed by atoms with Crippen molar-refractivity contribution in [2.45, 2.75) is 19.4 Å². The van der Waals surface area contributed by atoms with Crippen molar-refractivity contribution in [3.8, 4) is 5.69 Å². The molecule has 1 aromatic carbocycles. The van der Waals surface area contributed by atoms with Crippen molar-refractivity contribution in [2.24, 2.45) is 5.92 Å². The van der Waals surface area contributed by atoms with E-state index in [0.29, 0.717) is 23.8 Å². The first-order chi connectivity index (χ1) is 13.7. The second kappa shape index (κ2) is 8.67. The molecular formula is C21H23FN4OS. The topological polar surface area (TPSA) is 50.2 Å². The minimum Gasteiger partial charge on any atom is -0.350 e. The van der Waals surface area contributed by atoms with Crippen molar-refractivity contribution < 1.29 is 9.18 Å². The molecule has 3 aromatic rings. The van der Waals surface area contributed by atoms with Gasteiger partial charge >= 0.3 is 0 Å². The van der Waals surface area contributed by atoms with Crippen LogP contribution in [-0.2, 0) is 6.54 Å². The molecule has 28 heavy (non-hydrogen) atoms. The third-order valence-corrected chi connectivity index (χ3v) is 5.97. The molecule has 0 radical (unpaired) electrons. The molecule has 3 heterocycles. The number of amides is 1. The fourth-order valence-electron chi connectivity index (χ4n) is 3.51. The van der Waals surface area contributed by atoms with Crippen LogP contribution < -0.4 is 5.32 Å². The predicted molar refractivity (Wildman–Crippen MR) is 108 cm³/mol. The van der Waals surface area contributed by atoms with Crippen LogP contribution in [0, 0.1) is 11.7 Å². The van der Waals surface area contributed by atoms with Gasteiger partial charge < -0.3 is 5.32 Å². The number of hydrogen-bond acceptors (Lipinski definition) is 4. The summed E-state index contributed by atoms with van der Waals surface area (Å²) in [5.41, 5.74) is 0.941. The summed E-state index contributed by atoms with van der Waals surface area (Å²) in [6, 6.07) is 12.1. The average molecular weight is 399 g/mol. The maximum Gasteiger partial charge on any atom is 0.271 e. The Kier molecular flexibility index (Phi) is 5.83. The van der Waals surface area contributed by atoms with E-state index in [0.717, 1.165) is 32.5 Å². The van der Waals surface area contributed by atoms with Gasteiger partial charge in [0, 0.05) is 24.2 Å². The number of benzene rings is 1. The molecule has 0 bridgehead atoms. The van der Waals surface area contributed by atoms with E-state index < -0.39 is 0 Å². The summed E-state index contributed by atoms with van der Waals surface area (Å²) in [6.07, 6.45) is 3.85. The normalized spacial score (nSPS) is 15.6. The lowest BCUT2D eigenvalue weighted by atomic mass is 9.96. The summed E-state index contributed by atoms with van der Waals surface area (Å²) in [6.45, 7) is 3.81. The fraction of sp³-hybridized carbons (Fsp3) is 0.333. The van der Waals surface area contributed by atoms with Gasteiger partial charge in [-0.1, -0.05) is 12.1 Å². The summed E-state index contributed by atoms with van der Waals surface area (Å²) in [5.74, 6) is -0.0190. The highest BCUT2D eigenvalue weighted by atomic mass is 32.1. The molecule has 0 saturated carbocycles. The zero-order valence-corrected chi connectivity index (χ0v) is 16.4. The molecule has 0 aliphatic carbocycles. The smallest absolute Gasteiger partial charge is 0.271 e. The van der Waals surface area contributed by atoms with Crippen molar-refractivity contribution in [3.05, 3.63) is 70.4 Å². The molecule has 5 nitrogen and oxygen atoms in total. The molecule has 146 valence electrons. The number of aromatic nitrogens is 2. The largest absolute Gasteiger partial charge is 0.350 e. The summed E-state index contributed by atoms with van der Waals surface area (Å²) >= 11 is 1.80. The zero-order valence-electron chi connectivity index (χ0n) is 15.6. The van der Waals surface area contributed by atoms with Crippen LogP contribution in [0.5, 0.6) is 0 Å². The van der Waals surface area contributed by atoms with Crippen molar-refractivity contribution in [1.29, 1.82) is 0 Å². The summed E-state index contributed by atoms with van der Waals surface area (Å²) in [7, 11) is 0. The first kappa shape index (κ1) is 18.8. The van der Waals surface area contributed by atoms with E-state index in [9.17, 15) is 9.18 Å². The Labute approximate surface area is 167 Å². The van der Waals surface area contributed by atoms with Crippen molar-refractivity contribution >= 4 is 17.2 Å². The number of carbonyl (C=O) groups excluding carboxylic acids is 1. The Morgan fingerprint density at radius 3 is 2.82 bits per heavy atom. The quantitative estimate of drug-likeness (QED) is 0.689. The maximum atomic E-state index is 13.4. The number of halogens is 1. The van der Waals surface area contributed by atoms with Crippen LogP contribution in [0.3, 0.4) is 0 Å². The van der Waals surface area contributed by atoms with Crippen LogP contribution in [0.25, 0.3) is 5.69 Å². The van der Waals surface area contributed by atoms with Gasteiger partial charge in [0.15, 0.2) is 5.69 Å². The van der Waals surface area contributed by atoms with E-state index in [-0.39, 0.29) is 11.7 Å². The van der Waals surface area contributed by atoms with Crippen LogP contribution >= 0.6 is 11.3 Å². The number of nitrogens with zero attached hydrogens (tertiary/aromatic N) is 3. The number of carbonyl (C=O) groups is 1. The van der Waals surface area contributed by atoms with Crippen molar-refractivity contribution in [3.63, 3.8) is 0 Å². The van der Waals surface area contributed by atoms with Crippen LogP contribution in [0.2, 0.25) is 0 Å². The van der Waals surface area contributed by atoms with E-state index in [1.54, 1.807) is 35.7 Å². The lowest BCUT2D eigenvalue weighted by Crippen LogP contribution is -2.38. The number of likely N-dealkylation sites (tertiary alicyclic amines) is 1. The van der Waals surface area contributed by atoms with Gasteiger partial charge in [0.25, 0.3) is 5.91 Å². The van der Waals surface area contributed by atoms with Crippen LogP contribution in [0.4, 0.5) is 4.39 Å². The molecule has 1 aliphatic rings. The highest BCUT2D eigenvalue weighted by Gasteiger charge is 2.20. The summed E-state index contributed by atoms with van der Waals surface area (Å²) < 4.78 is 14.9. The Bertz CT molecular complexity index is 916. The lowest BCUT2D eigenvalue weighted by Gasteiger charge is -2.31. The molecule has 1 amide bonds. The molecule has 1 N–H and O–H groups in total. The minimum absolute atomic E-state index is 0.184. The molecule has 1 aliphatic heterocycles. The first-order valence-electron chi connectivity index (χ1n) is 9.52. The van der Waals surface area contributed by atoms with Crippen molar-refractivity contribution in [2.75, 3.05) is 19.6 Å². The Morgan fingerprint density at radius 1 is 1.21 bits per heavy atom. The molecular weight excluding hydrogens is 375 g/mol. The lowest BCUT2D eigenvalue weighted by molar-refractivity contribution is 0.0930. The Morgan fingerprint density at radius 2 is 2.07 bits per heavy atom. The summed E-state index contributed by atoms with van der Waals surface area (Å²) in [5, 5.41) is 9.39. The van der Waals surface area contributed by atoms with Gasteiger partial charge in [0.1, 0.15) is 5.82 Å². The van der Waals surface area contributed by atoms with Gasteiger partial charge in [-0.2, -0.15) is 5.10 Å². The Balaban J connectivity index is 1.25. The van der Waals surface area contributed by atoms with Crippen LogP contribution in [0.1, 0.15) is 28.2 Å². The SMILES string of the molecule is O=C(NCC1CCN(Cc2cccs2)CC1)c1ccn(-c2cccc(F)c2)n1. The molecule has 4 rings (SSSR count). The number of thiophene rings is 1. The number of piperidine rings is 1. The molecule has 0 spiro atoms. The van der Waals surface area contributed by atoms with E-state index in [2.05, 4.69) is 32.8 Å². The molecule has 1 saturated heterocycles. The molecule has 1 fully saturated rings. The second-order valence-corrected chi connectivity index (χ2v) is 8.17. The molecule has 7 heteroatoms. The fourth-order valence-corrected chi connectivity index (χ4v) is 4.25. The van der Waals surface area contributed by atoms with Gasteiger partial charge in [-0.15, -0.1) is 11.3 Å². The average Bonchev–Trinajstić information content (AvgIpc) is 3.39. The van der Waals surface area contributed by atoms with Gasteiger partial charge in [-0.05, 0) is 67.6 Å². The third kappa shape index (κ3) is 4.66. The highest BCUT2D eigenvalue weighted by Crippen LogP contribution is 2.20. The van der Waals surface area contributed by atoms with E-state index >= 15 is 0 Å². The summed E-state index contributed by atoms with van der Waals surface area (Å²) in [4.78, 5) is 16.3. The number of nitrogens with one attached hydrogen (secondary N) is 1. The monoisotopic (exact) mass is 398 g/mol. The predicted octanol–water partition coefficient (Wildman–Crippen LogP) is 3.71. The van der Waals surface area contributed by atoms with E-state index in [4.69, 9.17) is 0 Å². The van der Waals surface area contributed by atoms with Crippen LogP contribution in [0.15, 0.2) is 54.0 Å². The van der Waals surface area contributed by atoms with Gasteiger partial charge in [-0.25, -0.2) is 9.07 Å². The van der Waals surface area contributed by atoms with Crippen LogP contribution in [-0.4, -0.2) is 40.2 Å². The third-order valence-electron chi connectivity index (χ3n) is 5.11. The Hall–Kier alpha value is -2.51. The van der Waals surface area contributed by atoms with Crippen molar-refractivity contribution in [1.82, 2.24) is 20.0 Å². The highest BCUT2D eigenvalue weighted by molar-refractivity contribution is 7.09. The van der Waals surface area contributed by atoms with E-state index in [1.807, 2.05) is 0 Å². The first-order valence-corrected chi connectivity index (χ1v) is 10.4. The standard InChI is InChI=1S/C21H23FN4OS/c22-17-3-1-4-18(13-17)26-11-8-20(24-26)21(27)23-14-16-6-9-25(10-7-16)15-19-5-2-12-28-19/h1-5,8,11-13,16H,6-7,9-10,14-15H2,(H,23,27). The zero-order chi connectivity index (χ0) is 19.3.